The first-order valence-corrected chi connectivity index (χ1v) is 6.74. The van der Waals surface area contributed by atoms with Gasteiger partial charge < -0.3 is 10.2 Å². The molecule has 1 saturated heterocycles. The summed E-state index contributed by atoms with van der Waals surface area (Å²) in [7, 11) is 0. The van der Waals surface area contributed by atoms with Crippen LogP contribution in [0.15, 0.2) is 24.3 Å². The largest absolute Gasteiger partial charge is 0.481 e. The lowest BCUT2D eigenvalue weighted by molar-refractivity contribution is -0.136. The molecular weight excluding hydrogens is 242 g/mol. The Morgan fingerprint density at radius 3 is 2.53 bits per heavy atom. The molecule has 0 radical (unpaired) electrons. The van der Waals surface area contributed by atoms with Crippen LogP contribution in [0.1, 0.15) is 24.5 Å². The Hall–Kier alpha value is -1.39. The molecule has 0 aromatic heterocycles. The van der Waals surface area contributed by atoms with Crippen molar-refractivity contribution in [2.75, 3.05) is 13.2 Å². The van der Waals surface area contributed by atoms with Gasteiger partial charge in [0.15, 0.2) is 0 Å². The Morgan fingerprint density at radius 2 is 1.95 bits per heavy atom. The van der Waals surface area contributed by atoms with Gasteiger partial charge in [-0.1, -0.05) is 31.2 Å². The minimum Gasteiger partial charge on any atom is -0.481 e. The van der Waals surface area contributed by atoms with Gasteiger partial charge in [0.2, 0.25) is 0 Å². The van der Waals surface area contributed by atoms with Crippen molar-refractivity contribution in [1.82, 2.24) is 4.90 Å². The molecule has 1 fully saturated rings. The third-order valence-electron chi connectivity index (χ3n) is 3.95. The number of aliphatic carboxylic acids is 1. The first kappa shape index (κ1) is 14.0. The van der Waals surface area contributed by atoms with Crippen molar-refractivity contribution in [2.24, 2.45) is 5.92 Å². The molecule has 104 valence electrons. The molecule has 2 rings (SSSR count). The summed E-state index contributed by atoms with van der Waals surface area (Å²) in [5.74, 6) is -0.266. The number of likely N-dealkylation sites (tertiary alicyclic amines) is 1. The zero-order chi connectivity index (χ0) is 13.8. The highest BCUT2D eigenvalue weighted by Crippen LogP contribution is 2.25. The van der Waals surface area contributed by atoms with E-state index >= 15 is 0 Å². The van der Waals surface area contributed by atoms with Gasteiger partial charge in [0.05, 0.1) is 13.0 Å². The molecule has 1 aliphatic rings. The molecule has 0 saturated carbocycles. The van der Waals surface area contributed by atoms with Gasteiger partial charge in [0, 0.05) is 12.6 Å². The number of carboxylic acids is 1. The monoisotopic (exact) mass is 263 g/mol. The Balaban J connectivity index is 1.97. The van der Waals surface area contributed by atoms with Crippen LogP contribution in [-0.2, 0) is 17.8 Å². The van der Waals surface area contributed by atoms with Crippen LogP contribution in [0.5, 0.6) is 0 Å². The van der Waals surface area contributed by atoms with Crippen molar-refractivity contribution >= 4 is 5.97 Å². The second-order valence-electron chi connectivity index (χ2n) is 5.37. The second kappa shape index (κ2) is 6.17. The summed E-state index contributed by atoms with van der Waals surface area (Å²) < 4.78 is 0. The standard InChI is InChI=1S/C15H21NO3/c1-11-6-7-16(14(11)10-17)9-13-4-2-12(3-5-13)8-15(18)19/h2-5,11,14,17H,6-10H2,1H3,(H,18,19). The van der Waals surface area contributed by atoms with Gasteiger partial charge in [0.1, 0.15) is 0 Å². The zero-order valence-electron chi connectivity index (χ0n) is 11.2. The maximum atomic E-state index is 10.6. The Kier molecular flexibility index (Phi) is 4.56. The summed E-state index contributed by atoms with van der Waals surface area (Å²) in [6.45, 7) is 4.22. The van der Waals surface area contributed by atoms with E-state index in [1.54, 1.807) is 0 Å². The van der Waals surface area contributed by atoms with E-state index < -0.39 is 5.97 Å². The molecule has 19 heavy (non-hydrogen) atoms. The van der Waals surface area contributed by atoms with E-state index in [-0.39, 0.29) is 19.1 Å². The summed E-state index contributed by atoms with van der Waals surface area (Å²) in [5, 5.41) is 18.1. The first-order valence-electron chi connectivity index (χ1n) is 6.74. The molecule has 0 aliphatic carbocycles. The van der Waals surface area contributed by atoms with E-state index in [1.165, 1.54) is 5.56 Å². The maximum absolute atomic E-state index is 10.6. The van der Waals surface area contributed by atoms with Crippen molar-refractivity contribution in [3.63, 3.8) is 0 Å². The molecular formula is C15H21NO3. The molecule has 2 atom stereocenters. The van der Waals surface area contributed by atoms with Gasteiger partial charge >= 0.3 is 5.97 Å². The van der Waals surface area contributed by atoms with Crippen molar-refractivity contribution in [2.45, 2.75) is 32.4 Å². The van der Waals surface area contributed by atoms with Crippen LogP contribution < -0.4 is 0 Å². The van der Waals surface area contributed by atoms with Crippen molar-refractivity contribution < 1.29 is 15.0 Å². The Labute approximate surface area is 113 Å². The normalized spacial score (nSPS) is 23.7. The number of hydrogen-bond acceptors (Lipinski definition) is 3. The SMILES string of the molecule is CC1CCN(Cc2ccc(CC(=O)O)cc2)C1CO. The van der Waals surface area contributed by atoms with Gasteiger partial charge in [-0.15, -0.1) is 0 Å². The average molecular weight is 263 g/mol. The van der Waals surface area contributed by atoms with Crippen LogP contribution in [0.3, 0.4) is 0 Å². The topological polar surface area (TPSA) is 60.8 Å². The number of carboxylic acid groups (broad SMARTS) is 1. The van der Waals surface area contributed by atoms with Crippen molar-refractivity contribution in [3.8, 4) is 0 Å². The predicted molar refractivity (Wildman–Crippen MR) is 72.8 cm³/mol. The van der Waals surface area contributed by atoms with Crippen molar-refractivity contribution in [3.05, 3.63) is 35.4 Å². The summed E-state index contributed by atoms with van der Waals surface area (Å²) in [6.07, 6.45) is 1.20. The number of benzene rings is 1. The van der Waals surface area contributed by atoms with Crippen LogP contribution in [0.4, 0.5) is 0 Å². The predicted octanol–water partition coefficient (Wildman–Crippen LogP) is 1.52. The molecule has 2 unspecified atom stereocenters. The second-order valence-corrected chi connectivity index (χ2v) is 5.37. The van der Waals surface area contributed by atoms with E-state index in [9.17, 15) is 9.90 Å². The number of carbonyl (C=O) groups is 1. The van der Waals surface area contributed by atoms with Crippen molar-refractivity contribution in [1.29, 1.82) is 0 Å². The average Bonchev–Trinajstić information content (AvgIpc) is 2.71. The van der Waals surface area contributed by atoms with Crippen LogP contribution >= 0.6 is 0 Å². The summed E-state index contributed by atoms with van der Waals surface area (Å²) in [5.41, 5.74) is 1.99. The van der Waals surface area contributed by atoms with E-state index in [1.807, 2.05) is 24.3 Å². The molecule has 0 bridgehead atoms. The lowest BCUT2D eigenvalue weighted by Crippen LogP contribution is -2.34. The molecule has 1 aliphatic heterocycles. The first-order chi connectivity index (χ1) is 9.10. The molecule has 1 aromatic rings. The zero-order valence-corrected chi connectivity index (χ0v) is 11.2. The van der Waals surface area contributed by atoms with E-state index in [0.717, 1.165) is 25.1 Å². The summed E-state index contributed by atoms with van der Waals surface area (Å²) in [4.78, 5) is 12.9. The van der Waals surface area contributed by atoms with E-state index in [2.05, 4.69) is 11.8 Å². The number of hydrogen-bond donors (Lipinski definition) is 2. The lowest BCUT2D eigenvalue weighted by atomic mass is 10.0. The third-order valence-corrected chi connectivity index (χ3v) is 3.95. The smallest absolute Gasteiger partial charge is 0.307 e. The number of nitrogens with zero attached hydrogens (tertiary/aromatic N) is 1. The highest BCUT2D eigenvalue weighted by atomic mass is 16.4. The quantitative estimate of drug-likeness (QED) is 0.845. The number of aliphatic hydroxyl groups is 1. The molecule has 2 N–H and O–H groups in total. The highest BCUT2D eigenvalue weighted by molar-refractivity contribution is 5.70. The van der Waals surface area contributed by atoms with Crippen LogP contribution in [0.25, 0.3) is 0 Å². The fourth-order valence-corrected chi connectivity index (χ4v) is 2.75. The summed E-state index contributed by atoms with van der Waals surface area (Å²) in [6, 6.07) is 7.96. The number of aliphatic hydroxyl groups excluding tert-OH is 1. The van der Waals surface area contributed by atoms with Crippen LogP contribution in [0.2, 0.25) is 0 Å². The number of rotatable bonds is 5. The maximum Gasteiger partial charge on any atom is 0.307 e. The van der Waals surface area contributed by atoms with Gasteiger partial charge in [-0.3, -0.25) is 9.69 Å². The molecule has 0 spiro atoms. The summed E-state index contributed by atoms with van der Waals surface area (Å²) >= 11 is 0. The minimum atomic E-state index is -0.804. The minimum absolute atomic E-state index is 0.0697. The third kappa shape index (κ3) is 3.55. The Morgan fingerprint density at radius 1 is 1.32 bits per heavy atom. The Bertz CT molecular complexity index is 430. The molecule has 1 heterocycles. The molecule has 1 aromatic carbocycles. The van der Waals surface area contributed by atoms with Crippen LogP contribution in [-0.4, -0.2) is 40.3 Å². The molecule has 4 nitrogen and oxygen atoms in total. The van der Waals surface area contributed by atoms with E-state index in [4.69, 9.17) is 5.11 Å². The van der Waals surface area contributed by atoms with Gasteiger partial charge in [-0.05, 0) is 30.0 Å². The molecule has 4 heteroatoms. The van der Waals surface area contributed by atoms with Gasteiger partial charge in [-0.2, -0.15) is 0 Å². The van der Waals surface area contributed by atoms with Gasteiger partial charge in [0.25, 0.3) is 0 Å². The lowest BCUT2D eigenvalue weighted by Gasteiger charge is -2.25. The molecule has 0 amide bonds. The highest BCUT2D eigenvalue weighted by Gasteiger charge is 2.30. The van der Waals surface area contributed by atoms with Crippen LogP contribution in [0, 0.1) is 5.92 Å². The van der Waals surface area contributed by atoms with E-state index in [0.29, 0.717) is 5.92 Å². The van der Waals surface area contributed by atoms with Gasteiger partial charge in [-0.25, -0.2) is 0 Å². The fraction of sp³-hybridized carbons (Fsp3) is 0.533. The fourth-order valence-electron chi connectivity index (χ4n) is 2.75.